The summed E-state index contributed by atoms with van der Waals surface area (Å²) in [6.07, 6.45) is 3.89. The molecule has 0 spiro atoms. The van der Waals surface area contributed by atoms with Gasteiger partial charge in [0, 0.05) is 61.7 Å². The van der Waals surface area contributed by atoms with E-state index in [1.54, 1.807) is 0 Å². The Labute approximate surface area is 199 Å². The minimum Gasteiger partial charge on any atom is -0.377 e. The van der Waals surface area contributed by atoms with Crippen molar-refractivity contribution in [1.29, 1.82) is 0 Å². The lowest BCUT2D eigenvalue weighted by molar-refractivity contribution is -0.122. The van der Waals surface area contributed by atoms with Crippen LogP contribution in [0.2, 0.25) is 0 Å². The number of nitrogens with zero attached hydrogens (tertiary/aromatic N) is 2. The second-order valence-corrected chi connectivity index (χ2v) is 9.13. The Hall–Kier alpha value is -3.48. The number of benzene rings is 2. The number of halogens is 1. The third-order valence-electron chi connectivity index (χ3n) is 6.37. The maximum Gasteiger partial charge on any atom is 0.220 e. The zero-order valence-corrected chi connectivity index (χ0v) is 19.7. The number of carbonyl (C=O) groups excluding carboxylic acids is 2. The number of rotatable bonds is 8. The highest BCUT2D eigenvalue weighted by atomic mass is 19.1. The number of para-hydroxylation sites is 1. The Kier molecular flexibility index (Phi) is 7.40. The third kappa shape index (κ3) is 5.90. The molecular formula is C27H31FN4O2. The van der Waals surface area contributed by atoms with Gasteiger partial charge in [-0.25, -0.2) is 9.37 Å². The molecule has 0 saturated heterocycles. The zero-order valence-electron chi connectivity index (χ0n) is 19.7. The van der Waals surface area contributed by atoms with Crippen LogP contribution >= 0.6 is 0 Å². The van der Waals surface area contributed by atoms with Gasteiger partial charge in [-0.1, -0.05) is 18.2 Å². The average molecular weight is 463 g/mol. The number of ketones is 1. The van der Waals surface area contributed by atoms with Crippen LogP contribution < -0.4 is 15.5 Å². The van der Waals surface area contributed by atoms with E-state index in [1.807, 2.05) is 32.3 Å². The van der Waals surface area contributed by atoms with Gasteiger partial charge in [0.15, 0.2) is 5.78 Å². The number of carbonyl (C=O) groups is 2. The number of fused-ring (bicyclic) bond motifs is 1. The van der Waals surface area contributed by atoms with Crippen LogP contribution in [-0.2, 0) is 4.79 Å². The number of aromatic nitrogens is 1. The smallest absolute Gasteiger partial charge is 0.220 e. The van der Waals surface area contributed by atoms with Gasteiger partial charge in [-0.3, -0.25) is 9.59 Å². The van der Waals surface area contributed by atoms with E-state index in [-0.39, 0.29) is 36.4 Å². The first-order chi connectivity index (χ1) is 16.4. The van der Waals surface area contributed by atoms with Gasteiger partial charge in [0.1, 0.15) is 11.6 Å². The van der Waals surface area contributed by atoms with E-state index in [1.165, 1.54) is 24.3 Å². The van der Waals surface area contributed by atoms with Crippen LogP contribution in [0.4, 0.5) is 15.9 Å². The molecule has 2 N–H and O–H groups in total. The summed E-state index contributed by atoms with van der Waals surface area (Å²) >= 11 is 0. The summed E-state index contributed by atoms with van der Waals surface area (Å²) in [6.45, 7) is 0. The number of hydrogen-bond donors (Lipinski definition) is 2. The molecule has 1 aromatic heterocycles. The molecule has 0 atom stereocenters. The van der Waals surface area contributed by atoms with Crippen molar-refractivity contribution in [2.45, 2.75) is 50.6 Å². The minimum atomic E-state index is -0.381. The second-order valence-electron chi connectivity index (χ2n) is 9.13. The van der Waals surface area contributed by atoms with Crippen molar-refractivity contribution >= 4 is 34.1 Å². The molecule has 1 aliphatic carbocycles. The van der Waals surface area contributed by atoms with Crippen molar-refractivity contribution in [3.63, 3.8) is 0 Å². The van der Waals surface area contributed by atoms with Gasteiger partial charge in [0.25, 0.3) is 0 Å². The lowest BCUT2D eigenvalue weighted by Gasteiger charge is -2.30. The Morgan fingerprint density at radius 3 is 2.35 bits per heavy atom. The first kappa shape index (κ1) is 23.7. The molecule has 0 bridgehead atoms. The van der Waals surface area contributed by atoms with Crippen molar-refractivity contribution in [3.8, 4) is 0 Å². The molecule has 1 aliphatic rings. The molecule has 4 rings (SSSR count). The number of pyridine rings is 1. The molecule has 0 unspecified atom stereocenters. The van der Waals surface area contributed by atoms with Crippen molar-refractivity contribution in [3.05, 3.63) is 66.0 Å². The summed E-state index contributed by atoms with van der Waals surface area (Å²) in [6, 6.07) is 16.1. The first-order valence-corrected chi connectivity index (χ1v) is 11.8. The van der Waals surface area contributed by atoms with Gasteiger partial charge >= 0.3 is 0 Å². The summed E-state index contributed by atoms with van der Waals surface area (Å²) in [4.78, 5) is 31.4. The van der Waals surface area contributed by atoms with Crippen molar-refractivity contribution < 1.29 is 14.0 Å². The second kappa shape index (κ2) is 10.6. The summed E-state index contributed by atoms with van der Waals surface area (Å²) in [5, 5.41) is 7.78. The molecule has 6 nitrogen and oxygen atoms in total. The number of anilines is 2. The van der Waals surface area contributed by atoms with Crippen LogP contribution in [0, 0.1) is 5.82 Å². The molecular weight excluding hydrogens is 431 g/mol. The molecule has 1 saturated carbocycles. The van der Waals surface area contributed by atoms with E-state index in [0.717, 1.165) is 48.1 Å². The fourth-order valence-electron chi connectivity index (χ4n) is 4.50. The lowest BCUT2D eigenvalue weighted by atomic mass is 9.91. The molecule has 1 amide bonds. The molecule has 7 heteroatoms. The largest absolute Gasteiger partial charge is 0.377 e. The Balaban J connectivity index is 1.25. The molecule has 34 heavy (non-hydrogen) atoms. The summed E-state index contributed by atoms with van der Waals surface area (Å²) in [5.41, 5.74) is 2.53. The monoisotopic (exact) mass is 462 g/mol. The van der Waals surface area contributed by atoms with Gasteiger partial charge < -0.3 is 15.5 Å². The highest BCUT2D eigenvalue weighted by Gasteiger charge is 2.23. The molecule has 1 fully saturated rings. The Morgan fingerprint density at radius 2 is 1.65 bits per heavy atom. The highest BCUT2D eigenvalue weighted by Crippen LogP contribution is 2.29. The van der Waals surface area contributed by atoms with Crippen LogP contribution in [0.15, 0.2) is 54.6 Å². The molecule has 0 aliphatic heterocycles. The predicted octanol–water partition coefficient (Wildman–Crippen LogP) is 4.94. The standard InChI is InChI=1S/C27H31FN4O2/c1-32(2)24-17-26(31-23-6-4-3-5-22(23)24)29-20-11-13-21(14-12-20)30-27(34)16-15-25(33)18-7-9-19(28)10-8-18/h3-10,17,20-21H,11-16H2,1-2H3,(H,29,31)(H,30,34). The molecule has 0 radical (unpaired) electrons. The fourth-order valence-corrected chi connectivity index (χ4v) is 4.50. The highest BCUT2D eigenvalue weighted by molar-refractivity contribution is 5.98. The molecule has 1 heterocycles. The van der Waals surface area contributed by atoms with Gasteiger partial charge in [0.05, 0.1) is 5.52 Å². The van der Waals surface area contributed by atoms with Crippen LogP contribution in [0.25, 0.3) is 10.9 Å². The Bertz CT molecular complexity index is 1160. The molecule has 3 aromatic rings. The average Bonchev–Trinajstić information content (AvgIpc) is 2.83. The first-order valence-electron chi connectivity index (χ1n) is 11.8. The third-order valence-corrected chi connectivity index (χ3v) is 6.37. The lowest BCUT2D eigenvalue weighted by Crippen LogP contribution is -2.40. The van der Waals surface area contributed by atoms with E-state index >= 15 is 0 Å². The number of nitrogens with one attached hydrogen (secondary N) is 2. The van der Waals surface area contributed by atoms with Crippen LogP contribution in [0.1, 0.15) is 48.9 Å². The van der Waals surface area contributed by atoms with Crippen LogP contribution in [0.5, 0.6) is 0 Å². The number of hydrogen-bond acceptors (Lipinski definition) is 5. The predicted molar refractivity (Wildman–Crippen MR) is 134 cm³/mol. The molecule has 178 valence electrons. The van der Waals surface area contributed by atoms with E-state index in [2.05, 4.69) is 27.7 Å². The minimum absolute atomic E-state index is 0.112. The van der Waals surface area contributed by atoms with Crippen LogP contribution in [0.3, 0.4) is 0 Å². The quantitative estimate of drug-likeness (QED) is 0.464. The zero-order chi connectivity index (χ0) is 24.1. The summed E-state index contributed by atoms with van der Waals surface area (Å²) in [7, 11) is 4.07. The Morgan fingerprint density at radius 1 is 0.971 bits per heavy atom. The topological polar surface area (TPSA) is 74.3 Å². The van der Waals surface area contributed by atoms with Crippen LogP contribution in [-0.4, -0.2) is 42.9 Å². The molecule has 2 aromatic carbocycles. The summed E-state index contributed by atoms with van der Waals surface area (Å²) < 4.78 is 13.0. The van der Waals surface area contributed by atoms with Gasteiger partial charge in [-0.05, 0) is 56.0 Å². The van der Waals surface area contributed by atoms with E-state index in [9.17, 15) is 14.0 Å². The van der Waals surface area contributed by atoms with E-state index in [0.29, 0.717) is 11.6 Å². The van der Waals surface area contributed by atoms with E-state index < -0.39 is 0 Å². The number of Topliss-reactive ketones (excluding diaryl/α,β-unsaturated/α-hetero) is 1. The maximum absolute atomic E-state index is 13.0. The summed E-state index contributed by atoms with van der Waals surface area (Å²) in [5.74, 6) is 0.227. The van der Waals surface area contributed by atoms with Crippen molar-refractivity contribution in [2.24, 2.45) is 0 Å². The maximum atomic E-state index is 13.0. The van der Waals surface area contributed by atoms with Crippen molar-refractivity contribution in [2.75, 3.05) is 24.3 Å². The fraction of sp³-hybridized carbons (Fsp3) is 0.370. The van der Waals surface area contributed by atoms with Crippen molar-refractivity contribution in [1.82, 2.24) is 10.3 Å². The SMILES string of the molecule is CN(C)c1cc(NC2CCC(NC(=O)CCC(=O)c3ccc(F)cc3)CC2)nc2ccccc12. The normalized spacial score (nSPS) is 17.9. The van der Waals surface area contributed by atoms with Gasteiger partial charge in [-0.15, -0.1) is 0 Å². The van der Waals surface area contributed by atoms with E-state index in [4.69, 9.17) is 4.98 Å². The van der Waals surface area contributed by atoms with Gasteiger partial charge in [-0.2, -0.15) is 0 Å². The number of amides is 1. The van der Waals surface area contributed by atoms with Gasteiger partial charge in [0.2, 0.25) is 5.91 Å².